The predicted octanol–water partition coefficient (Wildman–Crippen LogP) is 9.02. The number of allylic oxidation sites excluding steroid dienone is 2. The summed E-state index contributed by atoms with van der Waals surface area (Å²) < 4.78 is 34.9. The molecule has 18 atom stereocenters. The van der Waals surface area contributed by atoms with Crippen LogP contribution in [0.4, 0.5) is 0 Å². The summed E-state index contributed by atoms with van der Waals surface area (Å²) in [5.41, 5.74) is 0. The van der Waals surface area contributed by atoms with Crippen LogP contribution in [0.3, 0.4) is 0 Å². The van der Waals surface area contributed by atoms with Crippen LogP contribution < -0.4 is 10.6 Å². The molecule has 3 heterocycles. The highest BCUT2D eigenvalue weighted by molar-refractivity contribution is 5.77. The Morgan fingerprint density at radius 1 is 0.526 bits per heavy atom. The molecule has 3 saturated heterocycles. The van der Waals surface area contributed by atoms with Gasteiger partial charge in [0.1, 0.15) is 67.1 Å². The molecule has 0 radical (unpaired) electrons. The molecule has 0 aromatic rings. The lowest BCUT2D eigenvalue weighted by Gasteiger charge is -2.50. The maximum atomic E-state index is 13.5. The number of carbonyl (C=O) groups excluding carboxylic acids is 2. The second-order valence-corrected chi connectivity index (χ2v) is 28.2. The molecular weight excluding hydrogens is 1250 g/mol. The Labute approximate surface area is 581 Å². The Morgan fingerprint density at radius 2 is 0.959 bits per heavy atom. The number of hydrogen-bond donors (Lipinski definition) is 14. The quantitative estimate of drug-likeness (QED) is 0.0199. The number of ether oxygens (including phenoxy) is 6. The van der Waals surface area contributed by atoms with E-state index in [1.54, 1.807) is 0 Å². The smallest absolute Gasteiger partial charge is 0.364 e. The first-order chi connectivity index (χ1) is 46.9. The van der Waals surface area contributed by atoms with Gasteiger partial charge in [0.2, 0.25) is 11.8 Å². The summed E-state index contributed by atoms with van der Waals surface area (Å²) >= 11 is 0. The Morgan fingerprint density at radius 3 is 1.39 bits per heavy atom. The Kier molecular flexibility index (Phi) is 49.5. The van der Waals surface area contributed by atoms with Gasteiger partial charge in [0, 0.05) is 19.8 Å². The van der Waals surface area contributed by atoms with E-state index in [0.29, 0.717) is 19.3 Å². The lowest BCUT2D eigenvalue weighted by Crippen LogP contribution is -2.70. The van der Waals surface area contributed by atoms with Crippen molar-refractivity contribution in [1.82, 2.24) is 10.6 Å². The number of amides is 2. The van der Waals surface area contributed by atoms with Crippen LogP contribution in [0.1, 0.15) is 303 Å². The number of hydrogen-bond acceptors (Lipinski definition) is 20. The molecule has 0 saturated carbocycles. The highest BCUT2D eigenvalue weighted by atomic mass is 16.8. The molecule has 570 valence electrons. The maximum Gasteiger partial charge on any atom is 0.364 e. The lowest BCUT2D eigenvalue weighted by atomic mass is 9.88. The zero-order chi connectivity index (χ0) is 71.1. The maximum absolute atomic E-state index is 13.5. The largest absolute Gasteiger partial charge is 0.477 e. The molecule has 23 nitrogen and oxygen atoms in total. The Bertz CT molecular complexity index is 2000. The van der Waals surface area contributed by atoms with Gasteiger partial charge in [0.15, 0.2) is 12.6 Å². The summed E-state index contributed by atoms with van der Waals surface area (Å²) in [5, 5.41) is 136. The number of carbonyl (C=O) groups is 3. The summed E-state index contributed by atoms with van der Waals surface area (Å²) in [5.74, 6) is -6.09. The Hall–Kier alpha value is -2.53. The molecule has 97 heavy (non-hydrogen) atoms. The van der Waals surface area contributed by atoms with Crippen molar-refractivity contribution < 1.29 is 104 Å². The average Bonchev–Trinajstić information content (AvgIpc) is 0.757. The number of rotatable bonds is 60. The summed E-state index contributed by atoms with van der Waals surface area (Å²) in [7, 11) is 0. The third-order valence-electron chi connectivity index (χ3n) is 19.7. The number of aliphatic hydroxyl groups excluding tert-OH is 11. The SMILES string of the molecule is CCCCCCCCCCCCCC/C=C\CCCCCCCCCCCCCCCCCC(=O)NC(COC1OC(CO)C(OC2OC(CO)C(O)C(OC3(C(=O)O)CC(O)C(NC(C)=O)C(C(O)C(O)CO)O3)C2O)C(O)C1O)C(O)CCCCCCCCCCCCCC. The van der Waals surface area contributed by atoms with E-state index in [1.807, 2.05) is 0 Å². The minimum absolute atomic E-state index is 0.226. The molecule has 2 amide bonds. The van der Waals surface area contributed by atoms with E-state index in [-0.39, 0.29) is 18.9 Å². The first kappa shape index (κ1) is 88.7. The fourth-order valence-electron chi connectivity index (χ4n) is 13.6. The van der Waals surface area contributed by atoms with Crippen molar-refractivity contribution in [2.24, 2.45) is 0 Å². The normalized spacial score (nSPS) is 27.4. The standard InChI is InChI=1S/C74H138N2O21/c1-4-6-8-10-12-14-16-18-19-20-21-22-23-24-25-26-27-28-29-30-31-32-33-34-35-36-38-40-42-44-46-48-61(84)76-55(56(81)47-45-43-41-39-37-17-15-13-11-9-7-5-2)53-92-71-66(88)65(87)68(60(52-79)94-71)95-72-67(89)70(64(86)59(51-78)93-72)97-74(73(90)91)49-57(82)62(75-54(3)80)69(96-74)63(85)58(83)50-77/h24-25,55-60,62-72,77-79,81-83,85-89H,4-23,26-53H2,1-3H3,(H,75,80)(H,76,84)(H,90,91)/b25-24-. The summed E-state index contributed by atoms with van der Waals surface area (Å²) in [6, 6.07) is -2.53. The topological polar surface area (TPSA) is 373 Å². The van der Waals surface area contributed by atoms with Gasteiger partial charge in [-0.3, -0.25) is 9.59 Å². The zero-order valence-electron chi connectivity index (χ0n) is 60.0. The monoisotopic (exact) mass is 1390 g/mol. The van der Waals surface area contributed by atoms with Gasteiger partial charge in [0.05, 0.1) is 50.7 Å². The van der Waals surface area contributed by atoms with Crippen molar-refractivity contribution >= 4 is 17.8 Å². The highest BCUT2D eigenvalue weighted by Crippen LogP contribution is 2.39. The van der Waals surface area contributed by atoms with Gasteiger partial charge in [-0.05, 0) is 38.5 Å². The zero-order valence-corrected chi connectivity index (χ0v) is 60.0. The first-order valence-electron chi connectivity index (χ1n) is 38.5. The van der Waals surface area contributed by atoms with Gasteiger partial charge in [-0.1, -0.05) is 257 Å². The molecule has 0 aliphatic carbocycles. The van der Waals surface area contributed by atoms with Crippen LogP contribution in [0.2, 0.25) is 0 Å². The molecule has 0 bridgehead atoms. The average molecular weight is 1390 g/mol. The van der Waals surface area contributed by atoms with Crippen molar-refractivity contribution in [3.8, 4) is 0 Å². The molecule has 3 fully saturated rings. The van der Waals surface area contributed by atoms with Gasteiger partial charge >= 0.3 is 5.97 Å². The van der Waals surface area contributed by atoms with E-state index < -0.39 is 148 Å². The third-order valence-corrected chi connectivity index (χ3v) is 19.7. The van der Waals surface area contributed by atoms with Gasteiger partial charge in [-0.15, -0.1) is 0 Å². The third kappa shape index (κ3) is 35.5. The number of carboxylic acid groups (broad SMARTS) is 1. The van der Waals surface area contributed by atoms with Gasteiger partial charge in [0.25, 0.3) is 5.79 Å². The van der Waals surface area contributed by atoms with Crippen LogP contribution in [0.25, 0.3) is 0 Å². The summed E-state index contributed by atoms with van der Waals surface area (Å²) in [4.78, 5) is 38.6. The van der Waals surface area contributed by atoms with Gasteiger partial charge in [-0.25, -0.2) is 4.79 Å². The fraction of sp³-hybridized carbons (Fsp3) is 0.932. The van der Waals surface area contributed by atoms with Crippen molar-refractivity contribution in [2.75, 3.05) is 26.4 Å². The van der Waals surface area contributed by atoms with E-state index in [4.69, 9.17) is 28.4 Å². The molecule has 14 N–H and O–H groups in total. The molecule has 0 aromatic carbocycles. The number of unbranched alkanes of at least 4 members (excludes halogenated alkanes) is 38. The summed E-state index contributed by atoms with van der Waals surface area (Å²) in [6.45, 7) is 2.22. The minimum Gasteiger partial charge on any atom is -0.477 e. The van der Waals surface area contributed by atoms with Crippen LogP contribution in [-0.4, -0.2) is 215 Å². The molecule has 0 aromatic heterocycles. The van der Waals surface area contributed by atoms with Crippen molar-refractivity contribution in [2.45, 2.75) is 413 Å². The van der Waals surface area contributed by atoms with Crippen molar-refractivity contribution in [3.63, 3.8) is 0 Å². The van der Waals surface area contributed by atoms with Crippen LogP contribution in [-0.2, 0) is 42.8 Å². The molecule has 3 aliphatic rings. The number of aliphatic hydroxyl groups is 11. The lowest BCUT2D eigenvalue weighted by molar-refractivity contribution is -0.386. The minimum atomic E-state index is -3.08. The second kappa shape index (κ2) is 54.2. The second-order valence-electron chi connectivity index (χ2n) is 28.2. The van der Waals surface area contributed by atoms with Crippen LogP contribution in [0.5, 0.6) is 0 Å². The van der Waals surface area contributed by atoms with E-state index >= 15 is 0 Å². The van der Waals surface area contributed by atoms with E-state index in [9.17, 15) is 75.7 Å². The van der Waals surface area contributed by atoms with Crippen LogP contribution in [0.15, 0.2) is 12.2 Å². The van der Waals surface area contributed by atoms with E-state index in [2.05, 4.69) is 36.6 Å². The number of carboxylic acids is 1. The van der Waals surface area contributed by atoms with Gasteiger partial charge < -0.3 is 100 Å². The summed E-state index contributed by atoms with van der Waals surface area (Å²) in [6.07, 6.45) is 26.7. The molecule has 3 rings (SSSR count). The number of nitrogens with one attached hydrogen (secondary N) is 2. The van der Waals surface area contributed by atoms with Crippen molar-refractivity contribution in [3.05, 3.63) is 12.2 Å². The van der Waals surface area contributed by atoms with E-state index in [0.717, 1.165) is 58.3 Å². The molecular formula is C74H138N2O21. The predicted molar refractivity (Wildman–Crippen MR) is 371 cm³/mol. The van der Waals surface area contributed by atoms with Crippen molar-refractivity contribution in [1.29, 1.82) is 0 Å². The highest BCUT2D eigenvalue weighted by Gasteiger charge is 2.60. The molecule has 3 aliphatic heterocycles. The van der Waals surface area contributed by atoms with Crippen LogP contribution in [0, 0.1) is 0 Å². The van der Waals surface area contributed by atoms with E-state index in [1.165, 1.54) is 199 Å². The number of aliphatic carboxylic acids is 1. The fourth-order valence-corrected chi connectivity index (χ4v) is 13.6. The van der Waals surface area contributed by atoms with Crippen LogP contribution >= 0.6 is 0 Å². The molecule has 0 spiro atoms. The van der Waals surface area contributed by atoms with Gasteiger partial charge in [-0.2, -0.15) is 0 Å². The molecule has 18 unspecified atom stereocenters. The Balaban J connectivity index is 1.46. The first-order valence-corrected chi connectivity index (χ1v) is 38.5. The molecule has 23 heteroatoms.